The molecule has 1 unspecified atom stereocenters. The predicted molar refractivity (Wildman–Crippen MR) is 73.1 cm³/mol. The van der Waals surface area contributed by atoms with Crippen LogP contribution in [0.3, 0.4) is 0 Å². The van der Waals surface area contributed by atoms with E-state index in [1.165, 1.54) is 0 Å². The molecule has 2 aromatic rings. The third kappa shape index (κ3) is 2.16. The zero-order valence-electron chi connectivity index (χ0n) is 10.9. The molecule has 0 saturated carbocycles. The van der Waals surface area contributed by atoms with Crippen molar-refractivity contribution in [2.45, 2.75) is 32.4 Å². The molecule has 1 saturated heterocycles. The van der Waals surface area contributed by atoms with Crippen molar-refractivity contribution in [3.63, 3.8) is 0 Å². The lowest BCUT2D eigenvalue weighted by molar-refractivity contribution is -0.0366. The molecule has 0 aliphatic carbocycles. The molecule has 100 valence electrons. The molecule has 0 spiro atoms. The molecule has 5 nitrogen and oxygen atoms in total. The van der Waals surface area contributed by atoms with Gasteiger partial charge in [0.15, 0.2) is 6.23 Å². The summed E-state index contributed by atoms with van der Waals surface area (Å²) in [6.07, 6.45) is 5.00. The molecule has 2 N–H and O–H groups in total. The second kappa shape index (κ2) is 4.96. The van der Waals surface area contributed by atoms with Crippen LogP contribution in [0, 0.1) is 6.92 Å². The molecule has 1 aliphatic heterocycles. The minimum atomic E-state index is -1.45. The SMILES string of the molecule is Cc1c(B(O)O)ccc2c1cnn2C1CCCCO1. The maximum Gasteiger partial charge on any atom is 0.488 e. The lowest BCUT2D eigenvalue weighted by atomic mass is 9.76. The Morgan fingerprint density at radius 1 is 1.37 bits per heavy atom. The molecule has 19 heavy (non-hydrogen) atoms. The van der Waals surface area contributed by atoms with E-state index in [1.54, 1.807) is 12.3 Å². The first-order valence-corrected chi connectivity index (χ1v) is 6.63. The Balaban J connectivity index is 2.06. The van der Waals surface area contributed by atoms with Gasteiger partial charge in [0, 0.05) is 12.0 Å². The molecule has 0 amide bonds. The van der Waals surface area contributed by atoms with Crippen molar-refractivity contribution in [1.29, 1.82) is 0 Å². The minimum Gasteiger partial charge on any atom is -0.423 e. The van der Waals surface area contributed by atoms with Gasteiger partial charge in [-0.3, -0.25) is 0 Å². The second-order valence-corrected chi connectivity index (χ2v) is 5.00. The van der Waals surface area contributed by atoms with Crippen molar-refractivity contribution < 1.29 is 14.8 Å². The van der Waals surface area contributed by atoms with Gasteiger partial charge in [-0.15, -0.1) is 0 Å². The van der Waals surface area contributed by atoms with E-state index >= 15 is 0 Å². The highest BCUT2D eigenvalue weighted by Gasteiger charge is 2.21. The molecule has 0 radical (unpaired) electrons. The fraction of sp³-hybridized carbons (Fsp3) is 0.462. The summed E-state index contributed by atoms with van der Waals surface area (Å²) in [5.41, 5.74) is 2.36. The minimum absolute atomic E-state index is 0.00412. The monoisotopic (exact) mass is 260 g/mol. The van der Waals surface area contributed by atoms with Gasteiger partial charge in [0.1, 0.15) is 0 Å². The standard InChI is InChI=1S/C13H17BN2O3/c1-9-10-8-15-16(13-4-2-3-7-19-13)12(10)6-5-11(9)14(17)18/h5-6,8,13,17-18H,2-4,7H2,1H3. The summed E-state index contributed by atoms with van der Waals surface area (Å²) in [4.78, 5) is 0. The first-order valence-electron chi connectivity index (χ1n) is 6.63. The van der Waals surface area contributed by atoms with Crippen LogP contribution >= 0.6 is 0 Å². The highest BCUT2D eigenvalue weighted by atomic mass is 16.5. The molecule has 1 fully saturated rings. The van der Waals surface area contributed by atoms with Gasteiger partial charge in [-0.05, 0) is 43.3 Å². The van der Waals surface area contributed by atoms with Crippen molar-refractivity contribution in [2.24, 2.45) is 0 Å². The van der Waals surface area contributed by atoms with Crippen LogP contribution in [-0.4, -0.2) is 33.6 Å². The van der Waals surface area contributed by atoms with E-state index in [2.05, 4.69) is 5.10 Å². The number of aryl methyl sites for hydroxylation is 1. The summed E-state index contributed by atoms with van der Waals surface area (Å²) < 4.78 is 7.65. The summed E-state index contributed by atoms with van der Waals surface area (Å²) >= 11 is 0. The number of aromatic nitrogens is 2. The first-order chi connectivity index (χ1) is 9.18. The van der Waals surface area contributed by atoms with Gasteiger partial charge in [0.05, 0.1) is 11.7 Å². The smallest absolute Gasteiger partial charge is 0.423 e. The zero-order valence-corrected chi connectivity index (χ0v) is 10.9. The van der Waals surface area contributed by atoms with Gasteiger partial charge < -0.3 is 14.8 Å². The fourth-order valence-corrected chi connectivity index (χ4v) is 2.70. The third-order valence-corrected chi connectivity index (χ3v) is 3.80. The van der Waals surface area contributed by atoms with E-state index in [-0.39, 0.29) is 6.23 Å². The van der Waals surface area contributed by atoms with Crippen LogP contribution in [0.15, 0.2) is 18.3 Å². The van der Waals surface area contributed by atoms with Crippen LogP contribution in [0.2, 0.25) is 0 Å². The topological polar surface area (TPSA) is 67.5 Å². The summed E-state index contributed by atoms with van der Waals surface area (Å²) in [5, 5.41) is 24.0. The van der Waals surface area contributed by atoms with Gasteiger partial charge in [0.2, 0.25) is 0 Å². The highest BCUT2D eigenvalue weighted by molar-refractivity contribution is 6.59. The number of rotatable bonds is 2. The number of ether oxygens (including phenoxy) is 1. The third-order valence-electron chi connectivity index (χ3n) is 3.80. The van der Waals surface area contributed by atoms with E-state index < -0.39 is 7.12 Å². The molecular formula is C13H17BN2O3. The molecular weight excluding hydrogens is 243 g/mol. The second-order valence-electron chi connectivity index (χ2n) is 5.00. The normalized spacial score (nSPS) is 19.8. The summed E-state index contributed by atoms with van der Waals surface area (Å²) in [5.74, 6) is 0. The number of hydrogen-bond donors (Lipinski definition) is 2. The molecule has 1 aliphatic rings. The number of benzene rings is 1. The van der Waals surface area contributed by atoms with Crippen LogP contribution in [0.25, 0.3) is 10.9 Å². The van der Waals surface area contributed by atoms with Crippen molar-refractivity contribution in [3.05, 3.63) is 23.9 Å². The van der Waals surface area contributed by atoms with Gasteiger partial charge in [0.25, 0.3) is 0 Å². The van der Waals surface area contributed by atoms with Crippen molar-refractivity contribution in [1.82, 2.24) is 9.78 Å². The zero-order chi connectivity index (χ0) is 13.4. The van der Waals surface area contributed by atoms with Gasteiger partial charge in [-0.2, -0.15) is 5.10 Å². The lowest BCUT2D eigenvalue weighted by Gasteiger charge is -2.23. The van der Waals surface area contributed by atoms with Gasteiger partial charge >= 0.3 is 7.12 Å². The Kier molecular flexibility index (Phi) is 3.30. The van der Waals surface area contributed by atoms with E-state index in [4.69, 9.17) is 4.74 Å². The van der Waals surface area contributed by atoms with Crippen molar-refractivity contribution in [2.75, 3.05) is 6.61 Å². The van der Waals surface area contributed by atoms with Crippen LogP contribution in [-0.2, 0) is 4.74 Å². The van der Waals surface area contributed by atoms with Crippen LogP contribution in [0.5, 0.6) is 0 Å². The predicted octanol–water partition coefficient (Wildman–Crippen LogP) is 0.724. The number of hydrogen-bond acceptors (Lipinski definition) is 4. The average molecular weight is 260 g/mol. The molecule has 3 rings (SSSR count). The lowest BCUT2D eigenvalue weighted by Crippen LogP contribution is -2.32. The maximum atomic E-state index is 9.32. The first kappa shape index (κ1) is 12.7. The Labute approximate surface area is 111 Å². The Morgan fingerprint density at radius 3 is 2.89 bits per heavy atom. The molecule has 1 aromatic carbocycles. The van der Waals surface area contributed by atoms with E-state index in [9.17, 15) is 10.0 Å². The van der Waals surface area contributed by atoms with Crippen LogP contribution in [0.1, 0.15) is 31.1 Å². The molecule has 0 bridgehead atoms. The summed E-state index contributed by atoms with van der Waals surface area (Å²) in [6, 6.07) is 3.62. The summed E-state index contributed by atoms with van der Waals surface area (Å²) in [7, 11) is -1.45. The Hall–Kier alpha value is -1.37. The molecule has 1 aromatic heterocycles. The van der Waals surface area contributed by atoms with Gasteiger partial charge in [-0.1, -0.05) is 6.07 Å². The molecule has 2 heterocycles. The Morgan fingerprint density at radius 2 is 2.21 bits per heavy atom. The van der Waals surface area contributed by atoms with E-state index in [0.29, 0.717) is 5.46 Å². The quantitative estimate of drug-likeness (QED) is 0.781. The Bertz CT molecular complexity index is 591. The summed E-state index contributed by atoms with van der Waals surface area (Å²) in [6.45, 7) is 2.66. The van der Waals surface area contributed by atoms with E-state index in [1.807, 2.05) is 17.7 Å². The number of nitrogens with zero attached hydrogens (tertiary/aromatic N) is 2. The largest absolute Gasteiger partial charge is 0.488 e. The van der Waals surface area contributed by atoms with Gasteiger partial charge in [-0.25, -0.2) is 4.68 Å². The molecule has 6 heteroatoms. The number of fused-ring (bicyclic) bond motifs is 1. The van der Waals surface area contributed by atoms with Crippen LogP contribution < -0.4 is 5.46 Å². The van der Waals surface area contributed by atoms with E-state index in [0.717, 1.165) is 42.3 Å². The average Bonchev–Trinajstić information content (AvgIpc) is 2.84. The van der Waals surface area contributed by atoms with Crippen LogP contribution in [0.4, 0.5) is 0 Å². The highest BCUT2D eigenvalue weighted by Crippen LogP contribution is 2.26. The fourth-order valence-electron chi connectivity index (χ4n) is 2.70. The molecule has 1 atom stereocenters. The maximum absolute atomic E-state index is 9.32. The van der Waals surface area contributed by atoms with Crippen molar-refractivity contribution in [3.8, 4) is 0 Å². The van der Waals surface area contributed by atoms with Crippen molar-refractivity contribution >= 4 is 23.5 Å².